The molecular formula is C24H27N3O6S. The second-order valence-corrected chi connectivity index (χ2v) is 10.3. The van der Waals surface area contributed by atoms with Crippen molar-refractivity contribution >= 4 is 26.6 Å². The van der Waals surface area contributed by atoms with E-state index in [1.54, 1.807) is 18.2 Å². The summed E-state index contributed by atoms with van der Waals surface area (Å²) in [4.78, 5) is 26.1. The molecule has 180 valence electrons. The maximum absolute atomic E-state index is 13.7. The summed E-state index contributed by atoms with van der Waals surface area (Å²) in [6.45, 7) is 2.30. The quantitative estimate of drug-likeness (QED) is 0.374. The van der Waals surface area contributed by atoms with Gasteiger partial charge < -0.3 is 9.72 Å². The normalized spacial score (nSPS) is 15.0. The highest BCUT2D eigenvalue weighted by atomic mass is 32.2. The number of nitro groups is 1. The van der Waals surface area contributed by atoms with Gasteiger partial charge in [-0.2, -0.15) is 4.31 Å². The van der Waals surface area contributed by atoms with Crippen LogP contribution in [0.5, 0.6) is 5.75 Å². The number of ether oxygens (including phenoxy) is 1. The SMILES string of the molecule is CCOc1ccc2[nH]c(=O)c(CN(C3CCCCC3)S(=O)(=O)c3ccc([N+](=O)[O-])cc3)cc2c1. The summed E-state index contributed by atoms with van der Waals surface area (Å²) in [5.41, 5.74) is 0.437. The summed E-state index contributed by atoms with van der Waals surface area (Å²) in [5.74, 6) is 0.663. The van der Waals surface area contributed by atoms with Crippen molar-refractivity contribution in [1.29, 1.82) is 0 Å². The Morgan fingerprint density at radius 3 is 2.44 bits per heavy atom. The molecule has 0 aliphatic heterocycles. The number of non-ortho nitro benzene ring substituents is 1. The number of benzene rings is 2. The first-order chi connectivity index (χ1) is 16.3. The van der Waals surface area contributed by atoms with Gasteiger partial charge in [-0.1, -0.05) is 19.3 Å². The lowest BCUT2D eigenvalue weighted by molar-refractivity contribution is -0.384. The summed E-state index contributed by atoms with van der Waals surface area (Å²) >= 11 is 0. The van der Waals surface area contributed by atoms with Gasteiger partial charge in [0.05, 0.1) is 16.4 Å². The summed E-state index contributed by atoms with van der Waals surface area (Å²) < 4.78 is 34.2. The van der Waals surface area contributed by atoms with Crippen molar-refractivity contribution in [2.24, 2.45) is 0 Å². The van der Waals surface area contributed by atoms with Gasteiger partial charge in [-0.3, -0.25) is 14.9 Å². The van der Waals surface area contributed by atoms with E-state index >= 15 is 0 Å². The summed E-state index contributed by atoms with van der Waals surface area (Å²) in [6.07, 6.45) is 4.25. The number of pyridine rings is 1. The van der Waals surface area contributed by atoms with Crippen molar-refractivity contribution in [2.75, 3.05) is 6.61 Å². The third-order valence-electron chi connectivity index (χ3n) is 6.17. The molecule has 1 fully saturated rings. The van der Waals surface area contributed by atoms with E-state index in [-0.39, 0.29) is 28.7 Å². The standard InChI is InChI=1S/C24H27N3O6S/c1-2-33-21-10-13-23-17(15-21)14-18(24(28)25-23)16-26(19-6-4-3-5-7-19)34(31,32)22-11-8-20(9-12-22)27(29)30/h8-15,19H,2-7,16H2,1H3,(H,25,28). The van der Waals surface area contributed by atoms with Gasteiger partial charge >= 0.3 is 0 Å². The van der Waals surface area contributed by atoms with Crippen LogP contribution in [0.4, 0.5) is 5.69 Å². The van der Waals surface area contributed by atoms with Crippen LogP contribution >= 0.6 is 0 Å². The molecule has 0 spiro atoms. The van der Waals surface area contributed by atoms with E-state index in [2.05, 4.69) is 4.98 Å². The largest absolute Gasteiger partial charge is 0.494 e. The van der Waals surface area contributed by atoms with Gasteiger partial charge in [0.15, 0.2) is 0 Å². The molecule has 0 unspecified atom stereocenters. The predicted octanol–water partition coefficient (Wildman–Crippen LogP) is 4.36. The Balaban J connectivity index is 1.74. The first-order valence-electron chi connectivity index (χ1n) is 11.3. The highest BCUT2D eigenvalue weighted by Crippen LogP contribution is 2.30. The van der Waals surface area contributed by atoms with Gasteiger partial charge in [0.2, 0.25) is 10.0 Å². The fourth-order valence-electron chi connectivity index (χ4n) is 4.43. The van der Waals surface area contributed by atoms with Crippen LogP contribution in [0, 0.1) is 10.1 Å². The number of rotatable bonds is 8. The molecule has 10 heteroatoms. The molecular weight excluding hydrogens is 458 g/mol. The Kier molecular flexibility index (Phi) is 6.99. The van der Waals surface area contributed by atoms with Crippen LogP contribution in [0.25, 0.3) is 10.9 Å². The number of fused-ring (bicyclic) bond motifs is 1. The molecule has 1 saturated carbocycles. The van der Waals surface area contributed by atoms with E-state index in [4.69, 9.17) is 4.74 Å². The number of nitrogens with zero attached hydrogens (tertiary/aromatic N) is 2. The Morgan fingerprint density at radius 1 is 1.09 bits per heavy atom. The van der Waals surface area contributed by atoms with E-state index in [0.717, 1.165) is 24.6 Å². The van der Waals surface area contributed by atoms with Crippen molar-refractivity contribution < 1.29 is 18.1 Å². The average molecular weight is 486 g/mol. The number of sulfonamides is 1. The Bertz CT molecular complexity index is 1350. The van der Waals surface area contributed by atoms with Crippen molar-refractivity contribution in [1.82, 2.24) is 9.29 Å². The molecule has 2 aromatic carbocycles. The van der Waals surface area contributed by atoms with Gasteiger partial charge in [0, 0.05) is 41.2 Å². The average Bonchev–Trinajstić information content (AvgIpc) is 2.83. The zero-order valence-corrected chi connectivity index (χ0v) is 19.7. The van der Waals surface area contributed by atoms with Crippen LogP contribution in [0.2, 0.25) is 0 Å². The van der Waals surface area contributed by atoms with E-state index in [1.807, 2.05) is 13.0 Å². The van der Waals surface area contributed by atoms with Crippen LogP contribution in [0.3, 0.4) is 0 Å². The van der Waals surface area contributed by atoms with Gasteiger partial charge in [-0.25, -0.2) is 8.42 Å². The van der Waals surface area contributed by atoms with Gasteiger partial charge in [0.1, 0.15) is 5.75 Å². The number of nitrogens with one attached hydrogen (secondary N) is 1. The lowest BCUT2D eigenvalue weighted by atomic mass is 9.95. The molecule has 34 heavy (non-hydrogen) atoms. The summed E-state index contributed by atoms with van der Waals surface area (Å²) in [5, 5.41) is 11.7. The number of hydrogen-bond donors (Lipinski definition) is 1. The Morgan fingerprint density at radius 2 is 1.79 bits per heavy atom. The second-order valence-electron chi connectivity index (χ2n) is 8.40. The van der Waals surface area contributed by atoms with Crippen molar-refractivity contribution in [2.45, 2.75) is 56.5 Å². The monoisotopic (exact) mass is 485 g/mol. The number of nitro benzene ring substituents is 1. The minimum absolute atomic E-state index is 0.0282. The maximum Gasteiger partial charge on any atom is 0.269 e. The Hall–Kier alpha value is -3.24. The fraction of sp³-hybridized carbons (Fsp3) is 0.375. The van der Waals surface area contributed by atoms with Gasteiger partial charge in [-0.15, -0.1) is 0 Å². The molecule has 1 aliphatic rings. The predicted molar refractivity (Wildman–Crippen MR) is 128 cm³/mol. The third kappa shape index (κ3) is 4.97. The molecule has 9 nitrogen and oxygen atoms in total. The fourth-order valence-corrected chi connectivity index (χ4v) is 6.09. The van der Waals surface area contributed by atoms with Gasteiger partial charge in [-0.05, 0) is 56.2 Å². The van der Waals surface area contributed by atoms with E-state index in [1.165, 1.54) is 28.6 Å². The van der Waals surface area contributed by atoms with Crippen LogP contribution < -0.4 is 10.3 Å². The number of hydrogen-bond acceptors (Lipinski definition) is 6. The summed E-state index contributed by atoms with van der Waals surface area (Å²) in [6, 6.07) is 11.7. The zero-order valence-electron chi connectivity index (χ0n) is 18.9. The smallest absolute Gasteiger partial charge is 0.269 e. The third-order valence-corrected chi connectivity index (χ3v) is 8.08. The van der Waals surface area contributed by atoms with E-state index < -0.39 is 14.9 Å². The highest BCUT2D eigenvalue weighted by molar-refractivity contribution is 7.89. The molecule has 1 heterocycles. The molecule has 0 amide bonds. The van der Waals surface area contributed by atoms with Crippen molar-refractivity contribution in [3.8, 4) is 5.75 Å². The van der Waals surface area contributed by atoms with E-state index in [9.17, 15) is 23.3 Å². The molecule has 1 aromatic heterocycles. The van der Waals surface area contributed by atoms with Crippen LogP contribution in [-0.4, -0.2) is 35.3 Å². The molecule has 3 aromatic rings. The van der Waals surface area contributed by atoms with Gasteiger partial charge in [0.25, 0.3) is 11.2 Å². The topological polar surface area (TPSA) is 123 Å². The number of aromatic amines is 1. The molecule has 0 bridgehead atoms. The van der Waals surface area contributed by atoms with Crippen LogP contribution in [0.1, 0.15) is 44.6 Å². The van der Waals surface area contributed by atoms with Crippen LogP contribution in [0.15, 0.2) is 58.2 Å². The molecule has 4 rings (SSSR count). The van der Waals surface area contributed by atoms with Crippen molar-refractivity contribution in [3.05, 3.63) is 74.6 Å². The molecule has 0 saturated heterocycles. The maximum atomic E-state index is 13.7. The highest BCUT2D eigenvalue weighted by Gasteiger charge is 2.33. The van der Waals surface area contributed by atoms with Crippen molar-refractivity contribution in [3.63, 3.8) is 0 Å². The number of H-pyrrole nitrogens is 1. The zero-order chi connectivity index (χ0) is 24.3. The van der Waals surface area contributed by atoms with E-state index in [0.29, 0.717) is 36.3 Å². The van der Waals surface area contributed by atoms with Crippen LogP contribution in [-0.2, 0) is 16.6 Å². The number of aromatic nitrogens is 1. The Labute approximate surface area is 197 Å². The molecule has 0 atom stereocenters. The first kappa shape index (κ1) is 23.9. The second kappa shape index (κ2) is 9.94. The minimum Gasteiger partial charge on any atom is -0.494 e. The molecule has 0 radical (unpaired) electrons. The summed E-state index contributed by atoms with van der Waals surface area (Å²) in [7, 11) is -3.99. The lowest BCUT2D eigenvalue weighted by Gasteiger charge is -2.33. The molecule has 1 aliphatic carbocycles. The lowest BCUT2D eigenvalue weighted by Crippen LogP contribution is -2.42. The first-order valence-corrected chi connectivity index (χ1v) is 12.8. The minimum atomic E-state index is -3.99. The molecule has 1 N–H and O–H groups in total.